The molecule has 2 rings (SSSR count). The summed E-state index contributed by atoms with van der Waals surface area (Å²) < 4.78 is 21.3. The number of aromatic carboxylic acids is 1. The molecule has 0 aliphatic rings. The second-order valence-corrected chi connectivity index (χ2v) is 13.9. The van der Waals surface area contributed by atoms with Gasteiger partial charge in [0.1, 0.15) is 12.2 Å². The van der Waals surface area contributed by atoms with Crippen molar-refractivity contribution in [1.82, 2.24) is 0 Å². The summed E-state index contributed by atoms with van der Waals surface area (Å²) in [5, 5.41) is 20.8. The first kappa shape index (κ1) is 25.8. The Morgan fingerprint density at radius 3 is 2.42 bits per heavy atom. The summed E-state index contributed by atoms with van der Waals surface area (Å²) in [6.45, 7) is 6.21. The molecule has 0 saturated carbocycles. The fraction of sp³-hybridized carbons (Fsp3) is 0.364. The Morgan fingerprint density at radius 2 is 1.82 bits per heavy atom. The lowest BCUT2D eigenvalue weighted by Gasteiger charge is -2.17. The second-order valence-electron chi connectivity index (χ2n) is 8.32. The lowest BCUT2D eigenvalue weighted by molar-refractivity contribution is -0.384. The number of benzene rings is 2. The molecule has 0 saturated heterocycles. The van der Waals surface area contributed by atoms with Crippen LogP contribution in [0.1, 0.15) is 26.3 Å². The average Bonchev–Trinajstić information content (AvgIpc) is 2.74. The molecule has 33 heavy (non-hydrogen) atoms. The lowest BCUT2D eigenvalue weighted by atomic mass is 10.1. The Bertz CT molecular complexity index is 1020. The minimum atomic E-state index is -1.43. The molecule has 2 aromatic rings. The van der Waals surface area contributed by atoms with Crippen molar-refractivity contribution in [3.8, 4) is 11.5 Å². The van der Waals surface area contributed by atoms with Crippen LogP contribution in [0.3, 0.4) is 0 Å². The first-order valence-corrected chi connectivity index (χ1v) is 13.8. The molecule has 2 aromatic carbocycles. The van der Waals surface area contributed by atoms with Crippen molar-refractivity contribution < 1.29 is 38.6 Å². The molecule has 0 atom stereocenters. The molecule has 10 nitrogen and oxygen atoms in total. The fourth-order valence-electron chi connectivity index (χ4n) is 2.76. The summed E-state index contributed by atoms with van der Waals surface area (Å²) in [5.41, 5.74) is -0.133. The normalized spacial score (nSPS) is 11.0. The van der Waals surface area contributed by atoms with Crippen LogP contribution < -0.4 is 9.47 Å². The molecule has 1 N–H and O–H groups in total. The van der Waals surface area contributed by atoms with Gasteiger partial charge < -0.3 is 24.1 Å². The van der Waals surface area contributed by atoms with Gasteiger partial charge in [0.05, 0.1) is 17.1 Å². The number of nitro benzene ring substituents is 1. The molecule has 0 unspecified atom stereocenters. The molecule has 11 heteroatoms. The van der Waals surface area contributed by atoms with Gasteiger partial charge in [-0.3, -0.25) is 10.1 Å². The maximum Gasteiger partial charge on any atom is 0.339 e. The van der Waals surface area contributed by atoms with Crippen molar-refractivity contribution in [3.63, 3.8) is 0 Å². The SMILES string of the molecule is COCOc1cccc(C(=O)O)c1OCc1cc([N+](=O)[O-])ccc1C(=O)OCC[Si](C)(C)C. The van der Waals surface area contributed by atoms with Crippen LogP contribution in [-0.2, 0) is 16.1 Å². The number of para-hydroxylation sites is 1. The topological polar surface area (TPSA) is 134 Å². The molecule has 0 fully saturated rings. The van der Waals surface area contributed by atoms with Crippen molar-refractivity contribution >= 4 is 25.7 Å². The van der Waals surface area contributed by atoms with Crippen LogP contribution in [0.25, 0.3) is 0 Å². The van der Waals surface area contributed by atoms with Crippen LogP contribution in [0.15, 0.2) is 36.4 Å². The Morgan fingerprint density at radius 1 is 1.09 bits per heavy atom. The van der Waals surface area contributed by atoms with Gasteiger partial charge in [0.15, 0.2) is 18.3 Å². The third-order valence-corrected chi connectivity index (χ3v) is 6.22. The molecule has 0 bridgehead atoms. The van der Waals surface area contributed by atoms with Crippen LogP contribution in [0, 0.1) is 10.1 Å². The molecule has 0 heterocycles. The Hall–Kier alpha value is -3.44. The minimum Gasteiger partial charge on any atom is -0.484 e. The van der Waals surface area contributed by atoms with Gasteiger partial charge in [-0.2, -0.15) is 0 Å². The third kappa shape index (κ3) is 7.58. The summed E-state index contributed by atoms with van der Waals surface area (Å²) in [4.78, 5) is 35.0. The quantitative estimate of drug-likeness (QED) is 0.156. The number of carbonyl (C=O) groups excluding carboxylic acids is 1. The number of esters is 1. The molecule has 0 spiro atoms. The van der Waals surface area contributed by atoms with E-state index >= 15 is 0 Å². The largest absolute Gasteiger partial charge is 0.484 e. The smallest absolute Gasteiger partial charge is 0.339 e. The van der Waals surface area contributed by atoms with Crippen LogP contribution in [0.5, 0.6) is 11.5 Å². The van der Waals surface area contributed by atoms with Crippen LogP contribution >= 0.6 is 0 Å². The van der Waals surface area contributed by atoms with E-state index in [2.05, 4.69) is 19.6 Å². The highest BCUT2D eigenvalue weighted by Gasteiger charge is 2.22. The van der Waals surface area contributed by atoms with Gasteiger partial charge in [0, 0.05) is 32.9 Å². The maximum absolute atomic E-state index is 12.7. The van der Waals surface area contributed by atoms with Gasteiger partial charge in [0.25, 0.3) is 5.69 Å². The van der Waals surface area contributed by atoms with E-state index in [0.717, 1.165) is 6.04 Å². The van der Waals surface area contributed by atoms with E-state index in [1.807, 2.05) is 0 Å². The predicted molar refractivity (Wildman–Crippen MR) is 122 cm³/mol. The molecular formula is C22H27NO9Si. The Kier molecular flexibility index (Phi) is 8.94. The van der Waals surface area contributed by atoms with Gasteiger partial charge >= 0.3 is 11.9 Å². The van der Waals surface area contributed by atoms with E-state index < -0.39 is 24.9 Å². The standard InChI is InChI=1S/C22H27NO9Si/c1-29-14-32-19-7-5-6-18(21(24)25)20(19)31-13-15-12-16(23(27)28)8-9-17(15)22(26)30-10-11-33(2,3)4/h5-9,12H,10-11,13-14H2,1-4H3,(H,24,25). The summed E-state index contributed by atoms with van der Waals surface area (Å²) in [6, 6.07) is 8.79. The van der Waals surface area contributed by atoms with E-state index in [0.29, 0.717) is 0 Å². The van der Waals surface area contributed by atoms with Gasteiger partial charge in [-0.15, -0.1) is 0 Å². The number of non-ortho nitro benzene ring substituents is 1. The van der Waals surface area contributed by atoms with Gasteiger partial charge in [-0.1, -0.05) is 25.7 Å². The van der Waals surface area contributed by atoms with E-state index in [1.165, 1.54) is 43.5 Å². The van der Waals surface area contributed by atoms with Crippen molar-refractivity contribution in [1.29, 1.82) is 0 Å². The summed E-state index contributed by atoms with van der Waals surface area (Å²) >= 11 is 0. The predicted octanol–water partition coefficient (Wildman–Crippen LogP) is 4.35. The number of carboxylic acids is 1. The molecule has 178 valence electrons. The van der Waals surface area contributed by atoms with Gasteiger partial charge in [0.2, 0.25) is 0 Å². The molecule has 0 aliphatic carbocycles. The highest BCUT2D eigenvalue weighted by Crippen LogP contribution is 2.33. The van der Waals surface area contributed by atoms with Crippen LogP contribution in [0.2, 0.25) is 25.7 Å². The fourth-order valence-corrected chi connectivity index (χ4v) is 3.47. The number of carboxylic acid groups (broad SMARTS) is 1. The van der Waals surface area contributed by atoms with Crippen LogP contribution in [-0.4, -0.2) is 50.6 Å². The highest BCUT2D eigenvalue weighted by molar-refractivity contribution is 6.76. The Balaban J connectivity index is 2.34. The lowest BCUT2D eigenvalue weighted by Crippen LogP contribution is -2.23. The number of hydrogen-bond donors (Lipinski definition) is 1. The van der Waals surface area contributed by atoms with Crippen molar-refractivity contribution in [2.45, 2.75) is 32.3 Å². The first-order chi connectivity index (χ1) is 15.5. The maximum atomic E-state index is 12.7. The molecular weight excluding hydrogens is 450 g/mol. The van der Waals surface area contributed by atoms with Crippen molar-refractivity contribution in [3.05, 3.63) is 63.2 Å². The van der Waals surface area contributed by atoms with E-state index in [1.54, 1.807) is 0 Å². The summed E-state index contributed by atoms with van der Waals surface area (Å²) in [7, 11) is -0.0198. The van der Waals surface area contributed by atoms with Crippen molar-refractivity contribution in [2.75, 3.05) is 20.5 Å². The first-order valence-electron chi connectivity index (χ1n) is 10.1. The second kappa shape index (κ2) is 11.4. The highest BCUT2D eigenvalue weighted by atomic mass is 28.3. The molecule has 0 amide bonds. The van der Waals surface area contributed by atoms with E-state index in [4.69, 9.17) is 18.9 Å². The zero-order valence-corrected chi connectivity index (χ0v) is 20.0. The van der Waals surface area contributed by atoms with Crippen molar-refractivity contribution in [2.24, 2.45) is 0 Å². The number of carbonyl (C=O) groups is 2. The summed E-state index contributed by atoms with van der Waals surface area (Å²) in [5.74, 6) is -1.87. The number of ether oxygens (including phenoxy) is 4. The third-order valence-electron chi connectivity index (χ3n) is 4.52. The molecule has 0 aromatic heterocycles. The molecule has 0 aliphatic heterocycles. The number of nitro groups is 1. The minimum absolute atomic E-state index is 0.0911. The van der Waals surface area contributed by atoms with Crippen LogP contribution in [0.4, 0.5) is 5.69 Å². The van der Waals surface area contributed by atoms with Gasteiger partial charge in [-0.05, 0) is 24.2 Å². The van der Waals surface area contributed by atoms with E-state index in [9.17, 15) is 24.8 Å². The summed E-state index contributed by atoms with van der Waals surface area (Å²) in [6.07, 6.45) is 0. The number of methoxy groups -OCH3 is 1. The molecule has 0 radical (unpaired) electrons. The zero-order chi connectivity index (χ0) is 24.6. The Labute approximate surface area is 192 Å². The monoisotopic (exact) mass is 477 g/mol. The van der Waals surface area contributed by atoms with E-state index in [-0.39, 0.29) is 53.9 Å². The van der Waals surface area contributed by atoms with Gasteiger partial charge in [-0.25, -0.2) is 9.59 Å². The number of hydrogen-bond acceptors (Lipinski definition) is 8. The number of rotatable bonds is 12. The number of nitrogens with zero attached hydrogens (tertiary/aromatic N) is 1. The average molecular weight is 478 g/mol. The zero-order valence-electron chi connectivity index (χ0n) is 19.0.